The number of benzene rings is 2. The van der Waals surface area contributed by atoms with E-state index in [0.29, 0.717) is 18.5 Å². The number of carbonyl (C=O) groups is 2. The maximum absolute atomic E-state index is 12.7. The maximum Gasteiger partial charge on any atom is 0.339 e. The molecular formula is C19H16N2O3S. The molecular weight excluding hydrogens is 336 g/mol. The Balaban J connectivity index is 1.50. The Hall–Kier alpha value is -2.73. The summed E-state index contributed by atoms with van der Waals surface area (Å²) in [6.45, 7) is 1.96. The van der Waals surface area contributed by atoms with Crippen LogP contribution in [0.1, 0.15) is 27.9 Å². The molecule has 1 atom stereocenters. The number of fused-ring (bicyclic) bond motifs is 2. The molecule has 0 saturated carbocycles. The highest BCUT2D eigenvalue weighted by molar-refractivity contribution is 7.18. The van der Waals surface area contributed by atoms with Gasteiger partial charge in [-0.3, -0.25) is 4.79 Å². The molecule has 4 rings (SSSR count). The van der Waals surface area contributed by atoms with Gasteiger partial charge in [-0.05, 0) is 30.7 Å². The summed E-state index contributed by atoms with van der Waals surface area (Å²) in [4.78, 5) is 29.3. The number of thiazole rings is 1. The predicted octanol–water partition coefficient (Wildman–Crippen LogP) is 3.08. The van der Waals surface area contributed by atoms with E-state index < -0.39 is 11.6 Å². The van der Waals surface area contributed by atoms with Gasteiger partial charge in [0.05, 0.1) is 22.3 Å². The summed E-state index contributed by atoms with van der Waals surface area (Å²) in [5, 5.41) is 3.67. The third-order valence-corrected chi connectivity index (χ3v) is 5.34. The lowest BCUT2D eigenvalue weighted by Gasteiger charge is -2.32. The number of aromatic nitrogens is 1. The van der Waals surface area contributed by atoms with Gasteiger partial charge in [0.25, 0.3) is 5.91 Å². The molecule has 0 aliphatic carbocycles. The van der Waals surface area contributed by atoms with Gasteiger partial charge in [0.1, 0.15) is 5.01 Å². The number of carbonyl (C=O) groups excluding carboxylic acids is 2. The van der Waals surface area contributed by atoms with Crippen LogP contribution >= 0.6 is 11.3 Å². The van der Waals surface area contributed by atoms with Crippen LogP contribution in [0.3, 0.4) is 0 Å². The number of rotatable bonds is 3. The fraction of sp³-hybridized carbons (Fsp3) is 0.211. The van der Waals surface area contributed by atoms with Gasteiger partial charge >= 0.3 is 5.97 Å². The monoisotopic (exact) mass is 352 g/mol. The van der Waals surface area contributed by atoms with Crippen LogP contribution in [0.4, 0.5) is 0 Å². The average Bonchev–Trinajstić information content (AvgIpc) is 3.02. The number of hydrogen-bond acceptors (Lipinski definition) is 5. The van der Waals surface area contributed by atoms with Crippen LogP contribution < -0.4 is 5.32 Å². The van der Waals surface area contributed by atoms with Crippen molar-refractivity contribution in [3.05, 3.63) is 64.7 Å². The smallest absolute Gasteiger partial charge is 0.339 e. The van der Waals surface area contributed by atoms with Crippen molar-refractivity contribution in [2.24, 2.45) is 0 Å². The van der Waals surface area contributed by atoms with E-state index in [9.17, 15) is 9.59 Å². The first-order valence-electron chi connectivity index (χ1n) is 7.99. The van der Waals surface area contributed by atoms with Crippen molar-refractivity contribution in [1.82, 2.24) is 10.3 Å². The molecule has 0 spiro atoms. The van der Waals surface area contributed by atoms with Crippen LogP contribution in [0.15, 0.2) is 48.5 Å². The van der Waals surface area contributed by atoms with E-state index in [-0.39, 0.29) is 5.91 Å². The molecule has 6 heteroatoms. The minimum Gasteiger partial charge on any atom is -0.445 e. The zero-order chi connectivity index (χ0) is 17.4. The largest absolute Gasteiger partial charge is 0.445 e. The molecule has 0 bridgehead atoms. The molecule has 1 unspecified atom stereocenters. The second-order valence-electron chi connectivity index (χ2n) is 6.21. The van der Waals surface area contributed by atoms with Gasteiger partial charge in [-0.15, -0.1) is 11.3 Å². The number of esters is 1. The predicted molar refractivity (Wildman–Crippen MR) is 95.4 cm³/mol. The Labute approximate surface area is 148 Å². The highest BCUT2D eigenvalue weighted by atomic mass is 32.1. The number of para-hydroxylation sites is 1. The number of hydrogen-bond donors (Lipinski definition) is 1. The lowest BCUT2D eigenvalue weighted by Crippen LogP contribution is -2.51. The molecule has 2 aromatic carbocycles. The highest BCUT2D eigenvalue weighted by Crippen LogP contribution is 2.28. The van der Waals surface area contributed by atoms with Crippen molar-refractivity contribution in [2.45, 2.75) is 25.5 Å². The molecule has 126 valence electrons. The van der Waals surface area contributed by atoms with Gasteiger partial charge in [0.2, 0.25) is 0 Å². The minimum absolute atomic E-state index is 0.311. The Morgan fingerprint density at radius 3 is 2.84 bits per heavy atom. The molecule has 25 heavy (non-hydrogen) atoms. The Kier molecular flexibility index (Phi) is 3.77. The zero-order valence-electron chi connectivity index (χ0n) is 13.6. The van der Waals surface area contributed by atoms with E-state index in [1.807, 2.05) is 36.4 Å². The van der Waals surface area contributed by atoms with Crippen LogP contribution in [0.5, 0.6) is 0 Å². The molecule has 2 heterocycles. The molecule has 1 aliphatic rings. The van der Waals surface area contributed by atoms with Gasteiger partial charge in [0, 0.05) is 6.42 Å². The normalized spacial score (nSPS) is 19.3. The quantitative estimate of drug-likeness (QED) is 0.736. The molecule has 1 N–H and O–H groups in total. The first-order valence-corrected chi connectivity index (χ1v) is 8.81. The highest BCUT2D eigenvalue weighted by Gasteiger charge is 2.42. The van der Waals surface area contributed by atoms with Crippen molar-refractivity contribution in [1.29, 1.82) is 0 Å². The molecule has 0 saturated heterocycles. The average molecular weight is 352 g/mol. The lowest BCUT2D eigenvalue weighted by atomic mass is 9.89. The van der Waals surface area contributed by atoms with E-state index in [0.717, 1.165) is 20.8 Å². The van der Waals surface area contributed by atoms with Crippen molar-refractivity contribution in [3.8, 4) is 0 Å². The van der Waals surface area contributed by atoms with Crippen LogP contribution in [-0.2, 0) is 22.5 Å². The number of amides is 1. The first kappa shape index (κ1) is 15.8. The van der Waals surface area contributed by atoms with E-state index in [4.69, 9.17) is 4.74 Å². The topological polar surface area (TPSA) is 68.3 Å². The van der Waals surface area contributed by atoms with Crippen molar-refractivity contribution >= 4 is 33.4 Å². The molecule has 3 aromatic rings. The number of nitrogens with zero attached hydrogens (tertiary/aromatic N) is 1. The summed E-state index contributed by atoms with van der Waals surface area (Å²) in [6.07, 6.45) is 0.362. The fourth-order valence-electron chi connectivity index (χ4n) is 3.00. The van der Waals surface area contributed by atoms with Crippen LogP contribution in [0, 0.1) is 0 Å². The summed E-state index contributed by atoms with van der Waals surface area (Å²) >= 11 is 1.54. The first-order chi connectivity index (χ1) is 12.0. The van der Waals surface area contributed by atoms with Crippen LogP contribution in [0.2, 0.25) is 0 Å². The van der Waals surface area contributed by atoms with Gasteiger partial charge in [-0.2, -0.15) is 0 Å². The third kappa shape index (κ3) is 2.89. The second-order valence-corrected chi connectivity index (χ2v) is 7.33. The Morgan fingerprint density at radius 1 is 1.24 bits per heavy atom. The molecule has 0 radical (unpaired) electrons. The number of ether oxygens (including phenoxy) is 1. The van der Waals surface area contributed by atoms with Gasteiger partial charge < -0.3 is 10.1 Å². The van der Waals surface area contributed by atoms with E-state index in [1.165, 1.54) is 0 Å². The molecule has 5 nitrogen and oxygen atoms in total. The summed E-state index contributed by atoms with van der Waals surface area (Å²) in [5.74, 6) is -0.769. The number of nitrogens with one attached hydrogen (secondary N) is 1. The second kappa shape index (κ2) is 5.97. The van der Waals surface area contributed by atoms with Gasteiger partial charge in [0.15, 0.2) is 5.60 Å². The number of cyclic esters (lactones) is 1. The summed E-state index contributed by atoms with van der Waals surface area (Å²) in [6, 6.07) is 15.1. The van der Waals surface area contributed by atoms with Crippen molar-refractivity contribution in [3.63, 3.8) is 0 Å². The lowest BCUT2D eigenvalue weighted by molar-refractivity contribution is -0.139. The van der Waals surface area contributed by atoms with E-state index in [2.05, 4.69) is 10.3 Å². The van der Waals surface area contributed by atoms with Crippen molar-refractivity contribution < 1.29 is 14.3 Å². The zero-order valence-corrected chi connectivity index (χ0v) is 14.4. The SMILES string of the molecule is CC1(C(=O)NCc2nc3ccccc3s2)Cc2ccccc2C(=O)O1. The van der Waals surface area contributed by atoms with E-state index in [1.54, 1.807) is 30.4 Å². The third-order valence-electron chi connectivity index (χ3n) is 4.30. The minimum atomic E-state index is -1.21. The van der Waals surface area contributed by atoms with E-state index >= 15 is 0 Å². The fourth-order valence-corrected chi connectivity index (χ4v) is 3.90. The maximum atomic E-state index is 12.7. The van der Waals surface area contributed by atoms with Crippen LogP contribution in [0.25, 0.3) is 10.2 Å². The summed E-state index contributed by atoms with van der Waals surface area (Å²) in [7, 11) is 0. The Bertz CT molecular complexity index is 948. The summed E-state index contributed by atoms with van der Waals surface area (Å²) < 4.78 is 6.52. The summed E-state index contributed by atoms with van der Waals surface area (Å²) in [5.41, 5.74) is 1.07. The molecule has 0 fully saturated rings. The van der Waals surface area contributed by atoms with Crippen molar-refractivity contribution in [2.75, 3.05) is 0 Å². The molecule has 1 aromatic heterocycles. The molecule has 1 aliphatic heterocycles. The van der Waals surface area contributed by atoms with Gasteiger partial charge in [-0.1, -0.05) is 30.3 Å². The standard InChI is InChI=1S/C19H16N2O3S/c1-19(10-12-6-2-3-7-13(12)17(22)24-19)18(23)20-11-16-21-14-8-4-5-9-15(14)25-16/h2-9H,10-11H2,1H3,(H,20,23). The Morgan fingerprint density at radius 2 is 2.00 bits per heavy atom. The molecule has 1 amide bonds. The van der Waals surface area contributed by atoms with Gasteiger partial charge in [-0.25, -0.2) is 9.78 Å². The van der Waals surface area contributed by atoms with Crippen LogP contribution in [-0.4, -0.2) is 22.5 Å².